The van der Waals surface area contributed by atoms with E-state index in [1.807, 2.05) is 6.07 Å². The molecule has 2 N–H and O–H groups in total. The second-order valence-electron chi connectivity index (χ2n) is 4.77. The Morgan fingerprint density at radius 1 is 1.56 bits per heavy atom. The average Bonchev–Trinajstić information content (AvgIpc) is 2.81. The molecule has 0 aliphatic carbocycles. The van der Waals surface area contributed by atoms with Crippen LogP contribution in [0.3, 0.4) is 0 Å². The molecule has 1 aromatic rings. The Labute approximate surface area is 107 Å². The summed E-state index contributed by atoms with van der Waals surface area (Å²) < 4.78 is 0. The fourth-order valence-corrected chi connectivity index (χ4v) is 2.36. The molecule has 1 aliphatic rings. The van der Waals surface area contributed by atoms with Crippen LogP contribution in [0.4, 0.5) is 11.4 Å². The normalized spacial score (nSPS) is 18.8. The molecule has 18 heavy (non-hydrogen) atoms. The van der Waals surface area contributed by atoms with E-state index in [9.17, 15) is 10.1 Å². The first-order valence-corrected chi connectivity index (χ1v) is 6.39. The molecule has 0 spiro atoms. The van der Waals surface area contributed by atoms with Crippen LogP contribution < -0.4 is 10.6 Å². The number of aryl methyl sites for hydroxylation is 1. The van der Waals surface area contributed by atoms with Gasteiger partial charge in [0.05, 0.1) is 4.92 Å². The monoisotopic (exact) mass is 249 g/mol. The number of benzene rings is 1. The van der Waals surface area contributed by atoms with E-state index in [1.54, 1.807) is 19.1 Å². The van der Waals surface area contributed by atoms with Crippen LogP contribution in [0.15, 0.2) is 18.2 Å². The van der Waals surface area contributed by atoms with Crippen LogP contribution in [0.2, 0.25) is 0 Å². The lowest BCUT2D eigenvalue weighted by molar-refractivity contribution is -0.385. The lowest BCUT2D eigenvalue weighted by Gasteiger charge is -2.12. The van der Waals surface area contributed by atoms with Crippen LogP contribution in [0.1, 0.15) is 24.8 Å². The lowest BCUT2D eigenvalue weighted by atomic mass is 10.1. The molecule has 1 saturated heterocycles. The highest BCUT2D eigenvalue weighted by molar-refractivity contribution is 5.53. The van der Waals surface area contributed by atoms with Gasteiger partial charge >= 0.3 is 0 Å². The highest BCUT2D eigenvalue weighted by Crippen LogP contribution is 2.21. The Balaban J connectivity index is 1.85. The number of nitrogens with one attached hydrogen (secondary N) is 2. The molecule has 1 aromatic carbocycles. The zero-order valence-corrected chi connectivity index (χ0v) is 10.6. The quantitative estimate of drug-likeness (QED) is 0.621. The predicted octanol–water partition coefficient (Wildman–Crippen LogP) is 2.46. The molecule has 98 valence electrons. The van der Waals surface area contributed by atoms with Gasteiger partial charge in [-0.15, -0.1) is 0 Å². The van der Waals surface area contributed by atoms with Crippen LogP contribution in [0.5, 0.6) is 0 Å². The van der Waals surface area contributed by atoms with Gasteiger partial charge in [0.15, 0.2) is 0 Å². The highest BCUT2D eigenvalue weighted by atomic mass is 16.6. The first-order chi connectivity index (χ1) is 8.66. The van der Waals surface area contributed by atoms with E-state index in [1.165, 1.54) is 12.8 Å². The fourth-order valence-electron chi connectivity index (χ4n) is 2.36. The molecule has 0 aromatic heterocycles. The minimum Gasteiger partial charge on any atom is -0.385 e. The maximum atomic E-state index is 10.7. The van der Waals surface area contributed by atoms with Crippen molar-refractivity contribution in [1.82, 2.24) is 5.32 Å². The van der Waals surface area contributed by atoms with E-state index >= 15 is 0 Å². The highest BCUT2D eigenvalue weighted by Gasteiger charge is 2.13. The molecule has 5 heteroatoms. The van der Waals surface area contributed by atoms with E-state index in [-0.39, 0.29) is 10.6 Å². The summed E-state index contributed by atoms with van der Waals surface area (Å²) in [6, 6.07) is 5.79. The van der Waals surface area contributed by atoms with Crippen LogP contribution in [-0.4, -0.2) is 24.1 Å². The summed E-state index contributed by atoms with van der Waals surface area (Å²) in [5.74, 6) is 0. The zero-order chi connectivity index (χ0) is 13.0. The van der Waals surface area contributed by atoms with E-state index in [0.717, 1.165) is 25.2 Å². The molecule has 1 fully saturated rings. The molecule has 1 atom stereocenters. The van der Waals surface area contributed by atoms with Gasteiger partial charge in [0.1, 0.15) is 0 Å². The van der Waals surface area contributed by atoms with Gasteiger partial charge < -0.3 is 10.6 Å². The van der Waals surface area contributed by atoms with Gasteiger partial charge in [0.25, 0.3) is 5.69 Å². The van der Waals surface area contributed by atoms with Crippen molar-refractivity contribution in [1.29, 1.82) is 0 Å². The van der Waals surface area contributed by atoms with Gasteiger partial charge in [-0.2, -0.15) is 0 Å². The lowest BCUT2D eigenvalue weighted by Crippen LogP contribution is -2.24. The molecule has 1 unspecified atom stereocenters. The summed E-state index contributed by atoms with van der Waals surface area (Å²) in [5, 5.41) is 17.5. The molecule has 1 heterocycles. The first kappa shape index (κ1) is 12.8. The second-order valence-corrected chi connectivity index (χ2v) is 4.77. The van der Waals surface area contributed by atoms with Crippen LogP contribution in [0, 0.1) is 17.0 Å². The van der Waals surface area contributed by atoms with Gasteiger partial charge in [-0.3, -0.25) is 10.1 Å². The Bertz CT molecular complexity index is 428. The third kappa shape index (κ3) is 3.20. The number of hydrogen-bond acceptors (Lipinski definition) is 4. The van der Waals surface area contributed by atoms with E-state index in [0.29, 0.717) is 11.6 Å². The predicted molar refractivity (Wildman–Crippen MR) is 72.0 cm³/mol. The third-order valence-electron chi connectivity index (χ3n) is 3.38. The average molecular weight is 249 g/mol. The standard InChI is InChI=1S/C13H19N3O2/c1-10-9-12(4-5-13(10)16(17)18)15-8-6-11-3-2-7-14-11/h4-5,9,11,14-15H,2-3,6-8H2,1H3. The number of rotatable bonds is 5. The fraction of sp³-hybridized carbons (Fsp3) is 0.538. The third-order valence-corrected chi connectivity index (χ3v) is 3.38. The summed E-state index contributed by atoms with van der Waals surface area (Å²) in [4.78, 5) is 10.4. The number of nitro benzene ring substituents is 1. The molecule has 2 rings (SSSR count). The number of anilines is 1. The summed E-state index contributed by atoms with van der Waals surface area (Å²) in [7, 11) is 0. The van der Waals surface area contributed by atoms with Gasteiger partial charge in [-0.25, -0.2) is 0 Å². The number of nitro groups is 1. The molecule has 1 aliphatic heterocycles. The van der Waals surface area contributed by atoms with E-state index < -0.39 is 0 Å². The van der Waals surface area contributed by atoms with Crippen molar-refractivity contribution in [3.8, 4) is 0 Å². The molecular formula is C13H19N3O2. The summed E-state index contributed by atoms with van der Waals surface area (Å²) in [5.41, 5.74) is 1.83. The smallest absolute Gasteiger partial charge is 0.272 e. The van der Waals surface area contributed by atoms with Crippen molar-refractivity contribution >= 4 is 11.4 Å². The Hall–Kier alpha value is -1.62. The first-order valence-electron chi connectivity index (χ1n) is 6.39. The number of hydrogen-bond donors (Lipinski definition) is 2. The topological polar surface area (TPSA) is 67.2 Å². The number of nitrogens with zero attached hydrogens (tertiary/aromatic N) is 1. The SMILES string of the molecule is Cc1cc(NCCC2CCCN2)ccc1[N+](=O)[O-]. The van der Waals surface area contributed by atoms with Crippen LogP contribution in [-0.2, 0) is 0 Å². The van der Waals surface area contributed by atoms with E-state index in [2.05, 4.69) is 10.6 Å². The van der Waals surface area contributed by atoms with Crippen LogP contribution >= 0.6 is 0 Å². The summed E-state index contributed by atoms with van der Waals surface area (Å²) >= 11 is 0. The summed E-state index contributed by atoms with van der Waals surface area (Å²) in [6.45, 7) is 3.79. The largest absolute Gasteiger partial charge is 0.385 e. The van der Waals surface area contributed by atoms with Crippen molar-refractivity contribution < 1.29 is 4.92 Å². The van der Waals surface area contributed by atoms with Gasteiger partial charge in [0.2, 0.25) is 0 Å². The maximum absolute atomic E-state index is 10.7. The second kappa shape index (κ2) is 5.82. The van der Waals surface area contributed by atoms with E-state index in [4.69, 9.17) is 0 Å². The minimum atomic E-state index is -0.346. The molecular weight excluding hydrogens is 230 g/mol. The molecule has 0 bridgehead atoms. The molecule has 0 radical (unpaired) electrons. The van der Waals surface area contributed by atoms with Crippen molar-refractivity contribution in [2.24, 2.45) is 0 Å². The minimum absolute atomic E-state index is 0.179. The van der Waals surface area contributed by atoms with Gasteiger partial charge in [0, 0.05) is 29.9 Å². The van der Waals surface area contributed by atoms with Crippen LogP contribution in [0.25, 0.3) is 0 Å². The van der Waals surface area contributed by atoms with Gasteiger partial charge in [-0.05, 0) is 44.9 Å². The van der Waals surface area contributed by atoms with Crippen molar-refractivity contribution in [2.45, 2.75) is 32.2 Å². The Kier molecular flexibility index (Phi) is 4.15. The molecule has 0 amide bonds. The van der Waals surface area contributed by atoms with Crippen molar-refractivity contribution in [3.05, 3.63) is 33.9 Å². The van der Waals surface area contributed by atoms with Crippen molar-refractivity contribution in [2.75, 3.05) is 18.4 Å². The molecule has 5 nitrogen and oxygen atoms in total. The zero-order valence-electron chi connectivity index (χ0n) is 10.6. The molecule has 0 saturated carbocycles. The van der Waals surface area contributed by atoms with Crippen molar-refractivity contribution in [3.63, 3.8) is 0 Å². The summed E-state index contributed by atoms with van der Waals surface area (Å²) in [6.07, 6.45) is 3.61. The Morgan fingerprint density at radius 3 is 3.00 bits per heavy atom. The maximum Gasteiger partial charge on any atom is 0.272 e. The van der Waals surface area contributed by atoms with Gasteiger partial charge in [-0.1, -0.05) is 0 Å². The Morgan fingerprint density at radius 2 is 2.39 bits per heavy atom.